The molecule has 0 saturated heterocycles. The number of nitrogens with two attached hydrogens (primary N) is 1. The number of aryl methyl sites for hydroxylation is 1. The van der Waals surface area contributed by atoms with Gasteiger partial charge in [0.1, 0.15) is 0 Å². The third-order valence-electron chi connectivity index (χ3n) is 3.15. The highest BCUT2D eigenvalue weighted by molar-refractivity contribution is 5.17. The van der Waals surface area contributed by atoms with E-state index in [0.717, 1.165) is 5.69 Å². The van der Waals surface area contributed by atoms with Gasteiger partial charge in [0, 0.05) is 17.9 Å². The summed E-state index contributed by atoms with van der Waals surface area (Å²) in [7, 11) is 0. The second kappa shape index (κ2) is 6.64. The molecule has 1 unspecified atom stereocenters. The standard InChI is InChI=1S/C14H24N2/c1-4-6-12(7-5-2)14(15)13-9-8-11(3)16-10-13/h8-10,12,14H,4-7,15H2,1-3H3. The van der Waals surface area contributed by atoms with E-state index in [1.165, 1.54) is 31.2 Å². The summed E-state index contributed by atoms with van der Waals surface area (Å²) < 4.78 is 0. The van der Waals surface area contributed by atoms with Crippen LogP contribution in [0.15, 0.2) is 18.3 Å². The summed E-state index contributed by atoms with van der Waals surface area (Å²) in [6.07, 6.45) is 6.76. The van der Waals surface area contributed by atoms with Gasteiger partial charge < -0.3 is 5.73 Å². The van der Waals surface area contributed by atoms with Crippen molar-refractivity contribution in [2.75, 3.05) is 0 Å². The Bertz CT molecular complexity index is 286. The Morgan fingerprint density at radius 1 is 1.19 bits per heavy atom. The molecule has 2 N–H and O–H groups in total. The van der Waals surface area contributed by atoms with Crippen LogP contribution in [-0.2, 0) is 0 Å². The zero-order valence-corrected chi connectivity index (χ0v) is 10.7. The normalized spacial score (nSPS) is 13.1. The molecule has 0 radical (unpaired) electrons. The average molecular weight is 220 g/mol. The van der Waals surface area contributed by atoms with Crippen LogP contribution in [0.5, 0.6) is 0 Å². The van der Waals surface area contributed by atoms with E-state index in [1.807, 2.05) is 19.2 Å². The summed E-state index contributed by atoms with van der Waals surface area (Å²) >= 11 is 0. The summed E-state index contributed by atoms with van der Waals surface area (Å²) in [5.41, 5.74) is 8.55. The Kier molecular flexibility index (Phi) is 5.47. The molecular weight excluding hydrogens is 196 g/mol. The van der Waals surface area contributed by atoms with E-state index in [-0.39, 0.29) is 6.04 Å². The van der Waals surface area contributed by atoms with E-state index in [1.54, 1.807) is 0 Å². The lowest BCUT2D eigenvalue weighted by Gasteiger charge is -2.23. The van der Waals surface area contributed by atoms with Gasteiger partial charge in [0.2, 0.25) is 0 Å². The van der Waals surface area contributed by atoms with Crippen LogP contribution in [-0.4, -0.2) is 4.98 Å². The van der Waals surface area contributed by atoms with Gasteiger partial charge in [0.15, 0.2) is 0 Å². The van der Waals surface area contributed by atoms with Crippen molar-refractivity contribution in [2.45, 2.75) is 52.5 Å². The first-order valence-electron chi connectivity index (χ1n) is 6.37. The first-order chi connectivity index (χ1) is 7.69. The topological polar surface area (TPSA) is 38.9 Å². The van der Waals surface area contributed by atoms with Gasteiger partial charge in [-0.3, -0.25) is 4.98 Å². The fourth-order valence-corrected chi connectivity index (χ4v) is 2.19. The predicted molar refractivity (Wildman–Crippen MR) is 69.2 cm³/mol. The molecule has 0 aliphatic heterocycles. The Morgan fingerprint density at radius 2 is 1.81 bits per heavy atom. The van der Waals surface area contributed by atoms with Crippen LogP contribution in [0.25, 0.3) is 0 Å². The SMILES string of the molecule is CCCC(CCC)C(N)c1ccc(C)nc1. The van der Waals surface area contributed by atoms with E-state index in [2.05, 4.69) is 24.9 Å². The van der Waals surface area contributed by atoms with Crippen molar-refractivity contribution in [2.24, 2.45) is 11.7 Å². The minimum Gasteiger partial charge on any atom is -0.324 e. The van der Waals surface area contributed by atoms with Gasteiger partial charge in [0.25, 0.3) is 0 Å². The van der Waals surface area contributed by atoms with E-state index < -0.39 is 0 Å². The lowest BCUT2D eigenvalue weighted by atomic mass is 9.87. The maximum absolute atomic E-state index is 6.32. The van der Waals surface area contributed by atoms with Crippen LogP contribution in [0.4, 0.5) is 0 Å². The number of pyridine rings is 1. The molecule has 0 aromatic carbocycles. The van der Waals surface area contributed by atoms with E-state index >= 15 is 0 Å². The maximum Gasteiger partial charge on any atom is 0.0372 e. The lowest BCUT2D eigenvalue weighted by Crippen LogP contribution is -2.21. The van der Waals surface area contributed by atoms with Crippen molar-refractivity contribution in [1.29, 1.82) is 0 Å². The molecule has 1 heterocycles. The number of aromatic nitrogens is 1. The molecule has 0 amide bonds. The third-order valence-corrected chi connectivity index (χ3v) is 3.15. The second-order valence-electron chi connectivity index (χ2n) is 4.60. The smallest absolute Gasteiger partial charge is 0.0372 e. The fourth-order valence-electron chi connectivity index (χ4n) is 2.19. The van der Waals surface area contributed by atoms with E-state index in [0.29, 0.717) is 5.92 Å². The molecule has 0 aliphatic carbocycles. The molecule has 1 aromatic rings. The van der Waals surface area contributed by atoms with Gasteiger partial charge >= 0.3 is 0 Å². The van der Waals surface area contributed by atoms with Gasteiger partial charge in [-0.25, -0.2) is 0 Å². The van der Waals surface area contributed by atoms with Crippen molar-refractivity contribution < 1.29 is 0 Å². The van der Waals surface area contributed by atoms with E-state index in [4.69, 9.17) is 5.73 Å². The fraction of sp³-hybridized carbons (Fsp3) is 0.643. The quantitative estimate of drug-likeness (QED) is 0.795. The second-order valence-corrected chi connectivity index (χ2v) is 4.60. The van der Waals surface area contributed by atoms with Crippen molar-refractivity contribution in [3.63, 3.8) is 0 Å². The number of rotatable bonds is 6. The van der Waals surface area contributed by atoms with Gasteiger partial charge in [-0.15, -0.1) is 0 Å². The Morgan fingerprint density at radius 3 is 2.25 bits per heavy atom. The summed E-state index contributed by atoms with van der Waals surface area (Å²) in [4.78, 5) is 4.32. The maximum atomic E-state index is 6.32. The average Bonchev–Trinajstić information content (AvgIpc) is 2.29. The van der Waals surface area contributed by atoms with Crippen molar-refractivity contribution >= 4 is 0 Å². The van der Waals surface area contributed by atoms with Crippen LogP contribution in [0.3, 0.4) is 0 Å². The predicted octanol–water partition coefficient (Wildman–Crippen LogP) is 3.61. The highest BCUT2D eigenvalue weighted by atomic mass is 14.7. The zero-order valence-electron chi connectivity index (χ0n) is 10.7. The summed E-state index contributed by atoms with van der Waals surface area (Å²) in [5, 5.41) is 0. The molecule has 1 atom stereocenters. The van der Waals surface area contributed by atoms with Crippen molar-refractivity contribution in [3.05, 3.63) is 29.6 Å². The molecule has 0 spiro atoms. The van der Waals surface area contributed by atoms with Gasteiger partial charge in [-0.05, 0) is 37.3 Å². The van der Waals surface area contributed by atoms with Crippen LogP contribution >= 0.6 is 0 Å². The van der Waals surface area contributed by atoms with Crippen LogP contribution in [0.2, 0.25) is 0 Å². The minimum atomic E-state index is 0.146. The first kappa shape index (κ1) is 13.2. The minimum absolute atomic E-state index is 0.146. The van der Waals surface area contributed by atoms with Gasteiger partial charge in [-0.2, -0.15) is 0 Å². The Hall–Kier alpha value is -0.890. The Balaban J connectivity index is 2.72. The highest BCUT2D eigenvalue weighted by Gasteiger charge is 2.17. The molecule has 90 valence electrons. The van der Waals surface area contributed by atoms with Crippen LogP contribution in [0.1, 0.15) is 56.8 Å². The Labute approximate surface area is 99.3 Å². The molecule has 16 heavy (non-hydrogen) atoms. The van der Waals surface area contributed by atoms with Gasteiger partial charge in [0.05, 0.1) is 0 Å². The molecule has 0 fully saturated rings. The van der Waals surface area contributed by atoms with Gasteiger partial charge in [-0.1, -0.05) is 32.8 Å². The molecule has 0 bridgehead atoms. The number of nitrogens with zero attached hydrogens (tertiary/aromatic N) is 1. The number of hydrogen-bond acceptors (Lipinski definition) is 2. The summed E-state index contributed by atoms with van der Waals surface area (Å²) in [6, 6.07) is 4.31. The molecule has 0 aliphatic rings. The summed E-state index contributed by atoms with van der Waals surface area (Å²) in [6.45, 7) is 6.45. The molecule has 0 saturated carbocycles. The van der Waals surface area contributed by atoms with E-state index in [9.17, 15) is 0 Å². The van der Waals surface area contributed by atoms with Crippen LogP contribution in [0, 0.1) is 12.8 Å². The molecular formula is C14H24N2. The summed E-state index contributed by atoms with van der Waals surface area (Å²) in [5.74, 6) is 0.597. The number of hydrogen-bond donors (Lipinski definition) is 1. The van der Waals surface area contributed by atoms with Crippen molar-refractivity contribution in [1.82, 2.24) is 4.98 Å². The first-order valence-corrected chi connectivity index (χ1v) is 6.37. The molecule has 2 nitrogen and oxygen atoms in total. The monoisotopic (exact) mass is 220 g/mol. The van der Waals surface area contributed by atoms with Crippen LogP contribution < -0.4 is 5.73 Å². The highest BCUT2D eigenvalue weighted by Crippen LogP contribution is 2.27. The molecule has 1 aromatic heterocycles. The molecule has 2 heteroatoms. The van der Waals surface area contributed by atoms with Crippen molar-refractivity contribution in [3.8, 4) is 0 Å². The zero-order chi connectivity index (χ0) is 12.0. The molecule has 1 rings (SSSR count). The third kappa shape index (κ3) is 3.60. The lowest BCUT2D eigenvalue weighted by molar-refractivity contribution is 0.368. The largest absolute Gasteiger partial charge is 0.324 e.